The van der Waals surface area contributed by atoms with Gasteiger partial charge in [-0.3, -0.25) is 9.59 Å². The van der Waals surface area contributed by atoms with Gasteiger partial charge in [-0.1, -0.05) is 97.1 Å². The maximum atomic E-state index is 13.4. The Morgan fingerprint density at radius 3 is 1.16 bits per heavy atom. The van der Waals surface area contributed by atoms with Crippen molar-refractivity contribution in [2.24, 2.45) is 0 Å². The minimum absolute atomic E-state index is 0.136. The van der Waals surface area contributed by atoms with E-state index in [1.165, 1.54) is 22.3 Å². The molecule has 0 saturated heterocycles. The van der Waals surface area contributed by atoms with E-state index in [-0.39, 0.29) is 50.2 Å². The van der Waals surface area contributed by atoms with Crippen LogP contribution in [0.5, 0.6) is 0 Å². The Morgan fingerprint density at radius 2 is 0.840 bits per heavy atom. The highest BCUT2D eigenvalue weighted by molar-refractivity contribution is 7.99. The van der Waals surface area contributed by atoms with Gasteiger partial charge in [-0.25, -0.2) is 0 Å². The number of carbonyl (C=O) groups is 2. The lowest BCUT2D eigenvalue weighted by Crippen LogP contribution is -2.56. The molecule has 6 nitrogen and oxygen atoms in total. The van der Waals surface area contributed by atoms with E-state index < -0.39 is 10.8 Å². The van der Waals surface area contributed by atoms with Crippen LogP contribution in [0.4, 0.5) is 0 Å². The van der Waals surface area contributed by atoms with Gasteiger partial charge in [0, 0.05) is 36.2 Å². The van der Waals surface area contributed by atoms with Crippen molar-refractivity contribution < 1.29 is 29.3 Å². The molecular weight excluding hydrogens is 665 g/mol. The Balaban J connectivity index is 1.37. The molecule has 0 radical (unpaired) electrons. The second-order valence-electron chi connectivity index (χ2n) is 13.4. The molecule has 0 fully saturated rings. The van der Waals surface area contributed by atoms with Gasteiger partial charge in [-0.15, -0.1) is 0 Å². The Labute approximate surface area is 303 Å². The van der Waals surface area contributed by atoms with E-state index in [0.29, 0.717) is 37.2 Å². The zero-order valence-corrected chi connectivity index (χ0v) is 29.9. The summed E-state index contributed by atoms with van der Waals surface area (Å²) >= 11 is 3.29. The van der Waals surface area contributed by atoms with E-state index in [4.69, 9.17) is 19.7 Å². The monoisotopic (exact) mass is 708 g/mol. The van der Waals surface area contributed by atoms with E-state index in [1.807, 2.05) is 0 Å². The maximum Gasteiger partial charge on any atom is 0.305 e. The Morgan fingerprint density at radius 1 is 0.520 bits per heavy atom. The van der Waals surface area contributed by atoms with Crippen molar-refractivity contribution in [2.75, 3.05) is 49.4 Å². The largest absolute Gasteiger partial charge is 0.464 e. The Bertz CT molecular complexity index is 1610. The van der Waals surface area contributed by atoms with Gasteiger partial charge in [-0.05, 0) is 68.9 Å². The van der Waals surface area contributed by atoms with Gasteiger partial charge in [0.15, 0.2) is 0 Å². The van der Waals surface area contributed by atoms with Crippen molar-refractivity contribution in [3.05, 3.63) is 142 Å². The smallest absolute Gasteiger partial charge is 0.305 e. The number of aliphatic hydroxyl groups excluding tert-OH is 2. The summed E-state index contributed by atoms with van der Waals surface area (Å²) in [7, 11) is 0. The van der Waals surface area contributed by atoms with Crippen LogP contribution in [0.3, 0.4) is 0 Å². The van der Waals surface area contributed by atoms with Crippen LogP contribution in [-0.4, -0.2) is 71.6 Å². The predicted molar refractivity (Wildman–Crippen MR) is 200 cm³/mol. The fraction of sp³-hybridized carbons (Fsp3) is 0.381. The fourth-order valence-corrected chi connectivity index (χ4v) is 10.3. The van der Waals surface area contributed by atoms with Gasteiger partial charge in [0.1, 0.15) is 13.2 Å². The lowest BCUT2D eigenvalue weighted by molar-refractivity contribution is -0.145. The number of benzene rings is 4. The first kappa shape index (κ1) is 34.9. The third kappa shape index (κ3) is 5.98. The van der Waals surface area contributed by atoms with Gasteiger partial charge in [0.25, 0.3) is 0 Å². The highest BCUT2D eigenvalue weighted by atomic mass is 32.2. The third-order valence-electron chi connectivity index (χ3n) is 10.7. The molecule has 0 saturated carbocycles. The summed E-state index contributed by atoms with van der Waals surface area (Å²) in [5.41, 5.74) is 7.91. The second kappa shape index (κ2) is 15.4. The summed E-state index contributed by atoms with van der Waals surface area (Å²) in [6, 6.07) is 34.5. The molecule has 6 aliphatic rings. The SMILES string of the molecule is O=C(CCCSCCO)OCC12c3ccccc3C(c3ccccc31)C1(COC(=O)CCCSCCO)c3ccccc3C2c2ccccc21. The van der Waals surface area contributed by atoms with Gasteiger partial charge in [0.2, 0.25) is 0 Å². The summed E-state index contributed by atoms with van der Waals surface area (Å²) in [4.78, 5) is 26.9. The van der Waals surface area contributed by atoms with Gasteiger partial charge < -0.3 is 19.7 Å². The number of rotatable bonds is 16. The van der Waals surface area contributed by atoms with Crippen molar-refractivity contribution >= 4 is 35.5 Å². The number of hydrogen-bond donors (Lipinski definition) is 2. The van der Waals surface area contributed by atoms with Crippen LogP contribution in [0.2, 0.25) is 0 Å². The van der Waals surface area contributed by atoms with Crippen LogP contribution >= 0.6 is 23.5 Å². The average molecular weight is 709 g/mol. The number of ether oxygens (including phenoxy) is 2. The third-order valence-corrected chi connectivity index (χ3v) is 12.8. The van der Waals surface area contributed by atoms with Crippen LogP contribution in [0.15, 0.2) is 97.1 Å². The number of carbonyl (C=O) groups excluding carboxylic acids is 2. The number of thioether (sulfide) groups is 2. The highest BCUT2D eigenvalue weighted by Crippen LogP contribution is 2.68. The van der Waals surface area contributed by atoms with Gasteiger partial charge in [0.05, 0.1) is 24.0 Å². The van der Waals surface area contributed by atoms with Crippen LogP contribution in [0, 0.1) is 0 Å². The molecule has 50 heavy (non-hydrogen) atoms. The molecule has 0 aliphatic heterocycles. The minimum Gasteiger partial charge on any atom is -0.464 e. The van der Waals surface area contributed by atoms with E-state index in [9.17, 15) is 9.59 Å². The Kier molecular flexibility index (Phi) is 10.7. The standard InChI is InChI=1S/C42H44O6S2/c43-21-25-49-23-9-19-37(45)47-27-41-33-15-5-1-11-29(33)39(30-12-2-6-16-34(30)41)42(28-48-38(46)20-10-24-50-26-22-44)35-17-7-3-13-31(35)40(41)32-14-4-8-18-36(32)42/h1-8,11-18,39-40,43-44H,9-10,19-28H2. The van der Waals surface area contributed by atoms with Crippen LogP contribution in [0.1, 0.15) is 82.0 Å². The first-order chi connectivity index (χ1) is 24.6. The van der Waals surface area contributed by atoms with Crippen molar-refractivity contribution in [1.29, 1.82) is 0 Å². The van der Waals surface area contributed by atoms with Crippen molar-refractivity contribution in [2.45, 2.75) is 48.3 Å². The summed E-state index contributed by atoms with van der Waals surface area (Å²) in [5, 5.41) is 18.3. The fourth-order valence-electron chi connectivity index (χ4n) is 8.91. The zero-order chi connectivity index (χ0) is 34.6. The molecule has 0 atom stereocenters. The van der Waals surface area contributed by atoms with Crippen molar-refractivity contribution in [3.8, 4) is 0 Å². The molecule has 0 heterocycles. The van der Waals surface area contributed by atoms with E-state index in [2.05, 4.69) is 97.1 Å². The minimum atomic E-state index is -0.702. The summed E-state index contributed by atoms with van der Waals surface area (Å²) in [6.45, 7) is 0.660. The maximum absolute atomic E-state index is 13.4. The zero-order valence-electron chi connectivity index (χ0n) is 28.2. The molecule has 0 amide bonds. The van der Waals surface area contributed by atoms with E-state index in [0.717, 1.165) is 33.8 Å². The van der Waals surface area contributed by atoms with Gasteiger partial charge in [-0.2, -0.15) is 23.5 Å². The molecule has 0 spiro atoms. The number of esters is 2. The van der Waals surface area contributed by atoms with Gasteiger partial charge >= 0.3 is 11.9 Å². The van der Waals surface area contributed by atoms with E-state index in [1.54, 1.807) is 23.5 Å². The lowest BCUT2D eigenvalue weighted by Gasteiger charge is -2.60. The van der Waals surface area contributed by atoms with Crippen LogP contribution < -0.4 is 0 Å². The molecule has 2 N–H and O–H groups in total. The van der Waals surface area contributed by atoms with E-state index >= 15 is 0 Å². The highest BCUT2D eigenvalue weighted by Gasteiger charge is 2.63. The molecule has 0 unspecified atom stereocenters. The normalized spacial score (nSPS) is 22.0. The first-order valence-electron chi connectivity index (χ1n) is 17.6. The molecule has 0 aromatic heterocycles. The Hall–Kier alpha value is -3.56. The van der Waals surface area contributed by atoms with Crippen molar-refractivity contribution in [1.82, 2.24) is 0 Å². The average Bonchev–Trinajstić information content (AvgIpc) is 3.14. The molecule has 4 aromatic carbocycles. The number of hydrogen-bond acceptors (Lipinski definition) is 8. The van der Waals surface area contributed by atoms with Crippen LogP contribution in [0.25, 0.3) is 0 Å². The predicted octanol–water partition coefficient (Wildman–Crippen LogP) is 6.96. The summed E-state index contributed by atoms with van der Waals surface area (Å²) in [5.74, 6) is 2.17. The lowest BCUT2D eigenvalue weighted by atomic mass is 9.43. The molecule has 260 valence electrons. The topological polar surface area (TPSA) is 93.1 Å². The second-order valence-corrected chi connectivity index (χ2v) is 15.8. The summed E-state index contributed by atoms with van der Waals surface area (Å²) < 4.78 is 12.8. The van der Waals surface area contributed by atoms with Crippen molar-refractivity contribution in [3.63, 3.8) is 0 Å². The first-order valence-corrected chi connectivity index (χ1v) is 19.9. The molecule has 4 bridgehead atoms. The number of aliphatic hydroxyl groups is 2. The van der Waals surface area contributed by atoms with Crippen LogP contribution in [-0.2, 0) is 29.9 Å². The summed E-state index contributed by atoms with van der Waals surface area (Å²) in [6.07, 6.45) is 2.05. The molecular formula is C42H44O6S2. The molecule has 8 heteroatoms. The molecule has 6 aliphatic carbocycles. The quantitative estimate of drug-likeness (QED) is 0.0954. The molecule has 10 rings (SSSR count). The molecule has 4 aromatic rings.